The van der Waals surface area contributed by atoms with Crippen LogP contribution in [0.1, 0.15) is 0 Å². The van der Waals surface area contributed by atoms with Crippen molar-refractivity contribution in [2.24, 2.45) is 4.99 Å². The third kappa shape index (κ3) is 1.20. The lowest BCUT2D eigenvalue weighted by Gasteiger charge is -2.17. The number of hydrogen-bond acceptors (Lipinski definition) is 2. The highest BCUT2D eigenvalue weighted by Gasteiger charge is 2.16. The van der Waals surface area contributed by atoms with Crippen molar-refractivity contribution in [1.82, 2.24) is 0 Å². The van der Waals surface area contributed by atoms with Crippen LogP contribution >= 0.6 is 0 Å². The Morgan fingerprint density at radius 3 is 2.17 bits per heavy atom. The zero-order valence-corrected chi connectivity index (χ0v) is 9.76. The molecule has 18 heavy (non-hydrogen) atoms. The third-order valence-electron chi connectivity index (χ3n) is 3.38. The first-order valence-corrected chi connectivity index (χ1v) is 6.04. The van der Waals surface area contributed by atoms with Crippen LogP contribution in [0.25, 0.3) is 21.5 Å². The second-order valence-electron chi connectivity index (χ2n) is 4.39. The van der Waals surface area contributed by atoms with Gasteiger partial charge >= 0.3 is 0 Å². The second kappa shape index (κ2) is 3.57. The molecule has 0 spiro atoms. The van der Waals surface area contributed by atoms with Gasteiger partial charge in [0.2, 0.25) is 0 Å². The summed E-state index contributed by atoms with van der Waals surface area (Å²) in [6.07, 6.45) is 1.82. The SMILES string of the molecule is C1=Nc2c(c3ccccc3c3ccccc23)OC1. The fraction of sp³-hybridized carbons (Fsp3) is 0.0625. The minimum atomic E-state index is 0.551. The van der Waals surface area contributed by atoms with Gasteiger partial charge in [0.25, 0.3) is 0 Å². The van der Waals surface area contributed by atoms with Crippen molar-refractivity contribution in [1.29, 1.82) is 0 Å². The molecule has 1 aliphatic heterocycles. The fourth-order valence-electron chi connectivity index (χ4n) is 2.61. The van der Waals surface area contributed by atoms with E-state index in [9.17, 15) is 0 Å². The Morgan fingerprint density at radius 2 is 1.39 bits per heavy atom. The Balaban J connectivity index is 2.33. The first-order valence-electron chi connectivity index (χ1n) is 6.04. The van der Waals surface area contributed by atoms with Gasteiger partial charge in [0.05, 0.1) is 0 Å². The Labute approximate surface area is 105 Å². The van der Waals surface area contributed by atoms with Crippen LogP contribution in [0.4, 0.5) is 5.69 Å². The van der Waals surface area contributed by atoms with Crippen molar-refractivity contribution in [2.45, 2.75) is 0 Å². The standard InChI is InChI=1S/C16H11NO/c1-3-7-13-11(5-1)12-6-2-4-8-14(12)16-15(13)17-9-10-18-16/h1-9H,10H2. The van der Waals surface area contributed by atoms with Crippen LogP contribution in [-0.4, -0.2) is 12.8 Å². The third-order valence-corrected chi connectivity index (χ3v) is 3.38. The smallest absolute Gasteiger partial charge is 0.153 e. The molecule has 4 rings (SSSR count). The topological polar surface area (TPSA) is 21.6 Å². The zero-order chi connectivity index (χ0) is 11.9. The quantitative estimate of drug-likeness (QED) is 0.536. The van der Waals surface area contributed by atoms with Gasteiger partial charge in [-0.2, -0.15) is 0 Å². The van der Waals surface area contributed by atoms with E-state index in [1.165, 1.54) is 10.8 Å². The molecule has 0 atom stereocenters. The molecule has 0 saturated carbocycles. The van der Waals surface area contributed by atoms with Gasteiger partial charge < -0.3 is 4.74 Å². The first kappa shape index (κ1) is 9.66. The van der Waals surface area contributed by atoms with Crippen LogP contribution in [0.3, 0.4) is 0 Å². The molecule has 0 aromatic heterocycles. The number of aliphatic imine (C=N–C) groups is 1. The fourth-order valence-corrected chi connectivity index (χ4v) is 2.61. The Morgan fingerprint density at radius 1 is 0.778 bits per heavy atom. The van der Waals surface area contributed by atoms with Crippen LogP contribution in [0, 0.1) is 0 Å². The van der Waals surface area contributed by atoms with Gasteiger partial charge in [-0.3, -0.25) is 4.99 Å². The van der Waals surface area contributed by atoms with Crippen molar-refractivity contribution >= 4 is 33.4 Å². The van der Waals surface area contributed by atoms with Gasteiger partial charge in [-0.1, -0.05) is 48.5 Å². The van der Waals surface area contributed by atoms with Crippen molar-refractivity contribution in [3.63, 3.8) is 0 Å². The van der Waals surface area contributed by atoms with E-state index in [1.54, 1.807) is 0 Å². The number of ether oxygens (including phenoxy) is 1. The summed E-state index contributed by atoms with van der Waals surface area (Å²) >= 11 is 0. The normalized spacial score (nSPS) is 13.6. The van der Waals surface area contributed by atoms with Crippen molar-refractivity contribution < 1.29 is 4.74 Å². The molecule has 86 valence electrons. The van der Waals surface area contributed by atoms with Gasteiger partial charge in [-0.05, 0) is 10.8 Å². The number of fused-ring (bicyclic) bond motifs is 6. The minimum Gasteiger partial charge on any atom is -0.485 e. The lowest BCUT2D eigenvalue weighted by molar-refractivity contribution is 0.382. The summed E-state index contributed by atoms with van der Waals surface area (Å²) < 4.78 is 5.80. The highest BCUT2D eigenvalue weighted by molar-refractivity contribution is 6.16. The molecule has 0 amide bonds. The minimum absolute atomic E-state index is 0.551. The molecular formula is C16H11NO. The average Bonchev–Trinajstić information content (AvgIpc) is 2.48. The molecule has 0 saturated heterocycles. The second-order valence-corrected chi connectivity index (χ2v) is 4.39. The first-order chi connectivity index (χ1) is 8.95. The van der Waals surface area contributed by atoms with Gasteiger partial charge in [0, 0.05) is 17.0 Å². The van der Waals surface area contributed by atoms with Crippen molar-refractivity contribution in [2.75, 3.05) is 6.61 Å². The van der Waals surface area contributed by atoms with Gasteiger partial charge in [-0.25, -0.2) is 0 Å². The van der Waals surface area contributed by atoms with Crippen LogP contribution in [0.15, 0.2) is 53.5 Å². The largest absolute Gasteiger partial charge is 0.485 e. The summed E-state index contributed by atoms with van der Waals surface area (Å²) in [6.45, 7) is 0.551. The number of nitrogens with zero attached hydrogens (tertiary/aromatic N) is 1. The van der Waals surface area contributed by atoms with E-state index in [0.29, 0.717) is 6.61 Å². The summed E-state index contributed by atoms with van der Waals surface area (Å²) in [6, 6.07) is 16.7. The van der Waals surface area contributed by atoms with E-state index in [4.69, 9.17) is 4.74 Å². The monoisotopic (exact) mass is 233 g/mol. The van der Waals surface area contributed by atoms with E-state index >= 15 is 0 Å². The maximum atomic E-state index is 5.80. The summed E-state index contributed by atoms with van der Waals surface area (Å²) in [5.74, 6) is 0.909. The number of benzene rings is 3. The molecule has 2 heteroatoms. The Bertz CT molecular complexity index is 790. The summed E-state index contributed by atoms with van der Waals surface area (Å²) in [5, 5.41) is 4.75. The highest BCUT2D eigenvalue weighted by atomic mass is 16.5. The predicted molar refractivity (Wildman–Crippen MR) is 75.1 cm³/mol. The molecule has 0 aliphatic carbocycles. The van der Waals surface area contributed by atoms with Crippen LogP contribution in [0.2, 0.25) is 0 Å². The van der Waals surface area contributed by atoms with Crippen molar-refractivity contribution in [3.05, 3.63) is 48.5 Å². The van der Waals surface area contributed by atoms with E-state index in [2.05, 4.69) is 41.4 Å². The molecule has 0 bridgehead atoms. The van der Waals surface area contributed by atoms with Crippen LogP contribution in [-0.2, 0) is 0 Å². The molecule has 3 aromatic carbocycles. The van der Waals surface area contributed by atoms with E-state index in [1.807, 2.05) is 18.3 Å². The summed E-state index contributed by atoms with van der Waals surface area (Å²) in [7, 11) is 0. The maximum Gasteiger partial charge on any atom is 0.153 e. The molecule has 0 N–H and O–H groups in total. The molecule has 1 heterocycles. The zero-order valence-electron chi connectivity index (χ0n) is 9.76. The lowest BCUT2D eigenvalue weighted by Crippen LogP contribution is -2.03. The van der Waals surface area contributed by atoms with Crippen LogP contribution in [0.5, 0.6) is 5.75 Å². The molecule has 0 radical (unpaired) electrons. The Hall–Kier alpha value is -2.35. The van der Waals surface area contributed by atoms with Crippen LogP contribution < -0.4 is 4.74 Å². The van der Waals surface area contributed by atoms with Crippen molar-refractivity contribution in [3.8, 4) is 5.75 Å². The summed E-state index contributed by atoms with van der Waals surface area (Å²) in [5.41, 5.74) is 0.954. The van der Waals surface area contributed by atoms with Gasteiger partial charge in [-0.15, -0.1) is 0 Å². The molecule has 2 nitrogen and oxygen atoms in total. The molecular weight excluding hydrogens is 222 g/mol. The summed E-state index contributed by atoms with van der Waals surface area (Å²) in [4.78, 5) is 4.52. The van der Waals surface area contributed by atoms with Gasteiger partial charge in [0.15, 0.2) is 5.75 Å². The number of hydrogen-bond donors (Lipinski definition) is 0. The van der Waals surface area contributed by atoms with Gasteiger partial charge in [0.1, 0.15) is 12.3 Å². The van der Waals surface area contributed by atoms with E-state index < -0.39 is 0 Å². The predicted octanol–water partition coefficient (Wildman–Crippen LogP) is 4.09. The van der Waals surface area contributed by atoms with E-state index in [0.717, 1.165) is 22.2 Å². The van der Waals surface area contributed by atoms with E-state index in [-0.39, 0.29) is 0 Å². The molecule has 1 aliphatic rings. The molecule has 3 aromatic rings. The Kier molecular flexibility index (Phi) is 1.92. The lowest BCUT2D eigenvalue weighted by atomic mass is 9.99. The number of rotatable bonds is 0. The molecule has 0 fully saturated rings. The highest BCUT2D eigenvalue weighted by Crippen LogP contribution is 2.44. The maximum absolute atomic E-state index is 5.80. The average molecular weight is 233 g/mol. The molecule has 0 unspecified atom stereocenters.